The van der Waals surface area contributed by atoms with Crippen molar-refractivity contribution in [2.24, 2.45) is 5.73 Å². The number of carbonyl (C=O) groups excluding carboxylic acids is 1. The van der Waals surface area contributed by atoms with Crippen LogP contribution in [0.5, 0.6) is 5.75 Å². The van der Waals surface area contributed by atoms with Gasteiger partial charge in [0.15, 0.2) is 0 Å². The van der Waals surface area contributed by atoms with E-state index >= 15 is 0 Å². The fraction of sp³-hybridized carbons (Fsp3) is 0.364. The number of aryl methyl sites for hydroxylation is 1. The van der Waals surface area contributed by atoms with E-state index in [9.17, 15) is 4.79 Å². The van der Waals surface area contributed by atoms with E-state index in [2.05, 4.69) is 0 Å². The van der Waals surface area contributed by atoms with E-state index in [-0.39, 0.29) is 11.8 Å². The first-order chi connectivity index (χ1) is 6.72. The fourth-order valence-electron chi connectivity index (χ4n) is 2.02. The maximum atomic E-state index is 11.1. The van der Waals surface area contributed by atoms with Crippen molar-refractivity contribution >= 4 is 5.91 Å². The van der Waals surface area contributed by atoms with E-state index in [0.29, 0.717) is 0 Å². The van der Waals surface area contributed by atoms with Crippen molar-refractivity contribution < 1.29 is 9.53 Å². The molecule has 74 valence electrons. The molecular formula is C11H13NO2. The molecule has 0 heterocycles. The number of nitrogens with two attached hydrogens (primary N) is 1. The lowest BCUT2D eigenvalue weighted by atomic mass is 10.0. The summed E-state index contributed by atoms with van der Waals surface area (Å²) in [6, 6.07) is 5.80. The van der Waals surface area contributed by atoms with E-state index in [1.807, 2.05) is 18.2 Å². The summed E-state index contributed by atoms with van der Waals surface area (Å²) in [7, 11) is 1.64. The Morgan fingerprint density at radius 1 is 1.57 bits per heavy atom. The van der Waals surface area contributed by atoms with Gasteiger partial charge in [-0.25, -0.2) is 0 Å². The first-order valence-corrected chi connectivity index (χ1v) is 4.68. The number of hydrogen-bond acceptors (Lipinski definition) is 2. The van der Waals surface area contributed by atoms with Crippen molar-refractivity contribution in [2.45, 2.75) is 18.8 Å². The third kappa shape index (κ3) is 1.35. The molecule has 1 atom stereocenters. The molecular weight excluding hydrogens is 178 g/mol. The van der Waals surface area contributed by atoms with Crippen LogP contribution in [0.3, 0.4) is 0 Å². The molecule has 1 aliphatic rings. The maximum absolute atomic E-state index is 11.1. The minimum Gasteiger partial charge on any atom is -0.497 e. The highest BCUT2D eigenvalue weighted by Gasteiger charge is 2.26. The van der Waals surface area contributed by atoms with Gasteiger partial charge < -0.3 is 10.5 Å². The van der Waals surface area contributed by atoms with Gasteiger partial charge in [0.1, 0.15) is 5.75 Å². The van der Waals surface area contributed by atoms with Crippen molar-refractivity contribution in [3.8, 4) is 5.75 Å². The van der Waals surface area contributed by atoms with Crippen LogP contribution in [-0.4, -0.2) is 13.0 Å². The highest BCUT2D eigenvalue weighted by molar-refractivity contribution is 5.83. The molecule has 1 amide bonds. The molecule has 3 nitrogen and oxygen atoms in total. The van der Waals surface area contributed by atoms with E-state index in [0.717, 1.165) is 24.2 Å². The summed E-state index contributed by atoms with van der Waals surface area (Å²) in [5.41, 5.74) is 7.57. The molecule has 0 aromatic heterocycles. The van der Waals surface area contributed by atoms with Crippen LogP contribution in [0.1, 0.15) is 23.5 Å². The minimum atomic E-state index is -0.228. The topological polar surface area (TPSA) is 52.3 Å². The Labute approximate surface area is 82.9 Å². The predicted octanol–water partition coefficient (Wildman–Crippen LogP) is 1.21. The second kappa shape index (κ2) is 3.33. The molecule has 0 spiro atoms. The lowest BCUT2D eigenvalue weighted by Crippen LogP contribution is -2.19. The van der Waals surface area contributed by atoms with Crippen LogP contribution in [0.4, 0.5) is 0 Å². The normalized spacial score (nSPS) is 19.1. The SMILES string of the molecule is COc1ccc2c(c1)CCC2C(N)=O. The summed E-state index contributed by atoms with van der Waals surface area (Å²) in [5.74, 6) is 0.513. The van der Waals surface area contributed by atoms with Crippen LogP contribution in [-0.2, 0) is 11.2 Å². The smallest absolute Gasteiger partial charge is 0.224 e. The summed E-state index contributed by atoms with van der Waals surface area (Å²) >= 11 is 0. The van der Waals surface area contributed by atoms with Gasteiger partial charge in [-0.05, 0) is 36.1 Å². The van der Waals surface area contributed by atoms with Gasteiger partial charge in [0.2, 0.25) is 5.91 Å². The largest absolute Gasteiger partial charge is 0.497 e. The molecule has 0 radical (unpaired) electrons. The molecule has 14 heavy (non-hydrogen) atoms. The number of primary amides is 1. The minimum absolute atomic E-state index is 0.101. The molecule has 0 saturated heterocycles. The summed E-state index contributed by atoms with van der Waals surface area (Å²) in [6.07, 6.45) is 1.75. The van der Waals surface area contributed by atoms with Gasteiger partial charge in [0.05, 0.1) is 13.0 Å². The molecule has 2 rings (SSSR count). The Morgan fingerprint density at radius 3 is 3.00 bits per heavy atom. The van der Waals surface area contributed by atoms with Gasteiger partial charge in [-0.15, -0.1) is 0 Å². The van der Waals surface area contributed by atoms with Crippen LogP contribution >= 0.6 is 0 Å². The average molecular weight is 191 g/mol. The summed E-state index contributed by atoms with van der Waals surface area (Å²) in [6.45, 7) is 0. The van der Waals surface area contributed by atoms with Gasteiger partial charge in [-0.3, -0.25) is 4.79 Å². The van der Waals surface area contributed by atoms with E-state index < -0.39 is 0 Å². The third-order valence-corrected chi connectivity index (χ3v) is 2.77. The number of carbonyl (C=O) groups is 1. The number of methoxy groups -OCH3 is 1. The number of hydrogen-bond donors (Lipinski definition) is 1. The first-order valence-electron chi connectivity index (χ1n) is 4.68. The Hall–Kier alpha value is -1.51. The Morgan fingerprint density at radius 2 is 2.36 bits per heavy atom. The number of fused-ring (bicyclic) bond motifs is 1. The second-order valence-corrected chi connectivity index (χ2v) is 3.56. The highest BCUT2D eigenvalue weighted by atomic mass is 16.5. The summed E-state index contributed by atoms with van der Waals surface area (Å²) < 4.78 is 5.12. The van der Waals surface area contributed by atoms with Crippen molar-refractivity contribution in [1.29, 1.82) is 0 Å². The lowest BCUT2D eigenvalue weighted by molar-refractivity contribution is -0.119. The van der Waals surface area contributed by atoms with Crippen molar-refractivity contribution in [3.05, 3.63) is 29.3 Å². The molecule has 0 aliphatic heterocycles. The molecule has 0 bridgehead atoms. The van der Waals surface area contributed by atoms with Gasteiger partial charge in [0.25, 0.3) is 0 Å². The molecule has 1 aromatic rings. The molecule has 0 fully saturated rings. The monoisotopic (exact) mass is 191 g/mol. The zero-order chi connectivity index (χ0) is 10.1. The highest BCUT2D eigenvalue weighted by Crippen LogP contribution is 2.34. The van der Waals surface area contributed by atoms with Crippen LogP contribution in [0.15, 0.2) is 18.2 Å². The molecule has 1 aromatic carbocycles. The van der Waals surface area contributed by atoms with Crippen LogP contribution in [0, 0.1) is 0 Å². The van der Waals surface area contributed by atoms with Crippen LogP contribution in [0.25, 0.3) is 0 Å². The zero-order valence-corrected chi connectivity index (χ0v) is 8.12. The van der Waals surface area contributed by atoms with E-state index in [1.165, 1.54) is 5.56 Å². The Kier molecular flexibility index (Phi) is 2.15. The van der Waals surface area contributed by atoms with Crippen molar-refractivity contribution in [2.75, 3.05) is 7.11 Å². The first kappa shape index (κ1) is 9.06. The van der Waals surface area contributed by atoms with Gasteiger partial charge in [0, 0.05) is 0 Å². The van der Waals surface area contributed by atoms with E-state index in [1.54, 1.807) is 7.11 Å². The molecule has 2 N–H and O–H groups in total. The Balaban J connectivity index is 2.38. The van der Waals surface area contributed by atoms with Crippen molar-refractivity contribution in [1.82, 2.24) is 0 Å². The second-order valence-electron chi connectivity index (χ2n) is 3.56. The zero-order valence-electron chi connectivity index (χ0n) is 8.12. The lowest BCUT2D eigenvalue weighted by Gasteiger charge is -2.07. The van der Waals surface area contributed by atoms with E-state index in [4.69, 9.17) is 10.5 Å². The number of rotatable bonds is 2. The van der Waals surface area contributed by atoms with Crippen LogP contribution < -0.4 is 10.5 Å². The standard InChI is InChI=1S/C11H13NO2/c1-14-8-3-5-9-7(6-8)2-4-10(9)11(12)13/h3,5-6,10H,2,4H2,1H3,(H2,12,13). The predicted molar refractivity (Wildman–Crippen MR) is 53.3 cm³/mol. The molecule has 3 heteroatoms. The van der Waals surface area contributed by atoms with Crippen molar-refractivity contribution in [3.63, 3.8) is 0 Å². The summed E-state index contributed by atoms with van der Waals surface area (Å²) in [5, 5.41) is 0. The molecule has 1 unspecified atom stereocenters. The molecule has 0 saturated carbocycles. The summed E-state index contributed by atoms with van der Waals surface area (Å²) in [4.78, 5) is 11.1. The van der Waals surface area contributed by atoms with Gasteiger partial charge >= 0.3 is 0 Å². The quantitative estimate of drug-likeness (QED) is 0.763. The third-order valence-electron chi connectivity index (χ3n) is 2.77. The average Bonchev–Trinajstić information content (AvgIpc) is 2.59. The number of amides is 1. The Bertz CT molecular complexity index is 374. The molecule has 1 aliphatic carbocycles. The fourth-order valence-corrected chi connectivity index (χ4v) is 2.02. The van der Waals surface area contributed by atoms with Crippen LogP contribution in [0.2, 0.25) is 0 Å². The number of ether oxygens (including phenoxy) is 1. The van der Waals surface area contributed by atoms with Gasteiger partial charge in [-0.1, -0.05) is 6.07 Å². The maximum Gasteiger partial charge on any atom is 0.224 e. The number of benzene rings is 1. The van der Waals surface area contributed by atoms with Gasteiger partial charge in [-0.2, -0.15) is 0 Å².